The van der Waals surface area contributed by atoms with E-state index in [0.29, 0.717) is 30.7 Å². The molecule has 152 valence electrons. The number of aryl methyl sites for hydroxylation is 2. The summed E-state index contributed by atoms with van der Waals surface area (Å²) in [5.41, 5.74) is 2.10. The van der Waals surface area contributed by atoms with Gasteiger partial charge in [0.05, 0.1) is 24.6 Å². The summed E-state index contributed by atoms with van der Waals surface area (Å²) in [6.07, 6.45) is 0. The van der Waals surface area contributed by atoms with Crippen LogP contribution in [0.2, 0.25) is 0 Å². The molecule has 1 aromatic carbocycles. The molecular formula is C22H24N2O4S. The number of hydrogen-bond acceptors (Lipinski definition) is 6. The third-order valence-electron chi connectivity index (χ3n) is 5.20. The first-order chi connectivity index (χ1) is 14.0. The lowest BCUT2D eigenvalue weighted by atomic mass is 10.1. The molecule has 1 fully saturated rings. The van der Waals surface area contributed by atoms with Crippen LogP contribution in [-0.2, 0) is 4.74 Å². The molecule has 6 nitrogen and oxygen atoms in total. The third-order valence-corrected chi connectivity index (χ3v) is 6.17. The van der Waals surface area contributed by atoms with Crippen molar-refractivity contribution in [1.82, 2.24) is 10.2 Å². The fourth-order valence-electron chi connectivity index (χ4n) is 3.78. The van der Waals surface area contributed by atoms with Gasteiger partial charge in [-0.1, -0.05) is 12.1 Å². The van der Waals surface area contributed by atoms with Gasteiger partial charge in [0, 0.05) is 30.6 Å². The Bertz CT molecular complexity index is 1070. The van der Waals surface area contributed by atoms with Crippen molar-refractivity contribution in [2.24, 2.45) is 0 Å². The minimum atomic E-state index is -0.376. The van der Waals surface area contributed by atoms with Crippen molar-refractivity contribution >= 4 is 28.2 Å². The van der Waals surface area contributed by atoms with Crippen LogP contribution in [0.5, 0.6) is 0 Å². The first-order valence-corrected chi connectivity index (χ1v) is 10.6. The van der Waals surface area contributed by atoms with E-state index >= 15 is 0 Å². The molecule has 1 unspecified atom stereocenters. The van der Waals surface area contributed by atoms with E-state index in [4.69, 9.17) is 9.15 Å². The Morgan fingerprint density at radius 3 is 2.76 bits per heavy atom. The molecule has 1 aliphatic rings. The van der Waals surface area contributed by atoms with Gasteiger partial charge in [0.15, 0.2) is 11.2 Å². The summed E-state index contributed by atoms with van der Waals surface area (Å²) in [5.74, 6) is -0.333. The number of carbonyl (C=O) groups is 1. The maximum Gasteiger partial charge on any atom is 0.287 e. The number of benzene rings is 1. The van der Waals surface area contributed by atoms with Crippen LogP contribution in [-0.4, -0.2) is 43.7 Å². The van der Waals surface area contributed by atoms with E-state index in [9.17, 15) is 9.59 Å². The topological polar surface area (TPSA) is 71.8 Å². The molecule has 3 heterocycles. The number of fused-ring (bicyclic) bond motifs is 1. The van der Waals surface area contributed by atoms with Gasteiger partial charge >= 0.3 is 0 Å². The van der Waals surface area contributed by atoms with Crippen LogP contribution < -0.4 is 10.7 Å². The molecule has 0 spiro atoms. The molecule has 2 aromatic heterocycles. The highest BCUT2D eigenvalue weighted by atomic mass is 32.1. The van der Waals surface area contributed by atoms with Crippen LogP contribution in [0.4, 0.5) is 0 Å². The molecule has 0 bridgehead atoms. The fourth-order valence-corrected chi connectivity index (χ4v) is 4.64. The number of ether oxygens (including phenoxy) is 1. The second-order valence-corrected chi connectivity index (χ2v) is 8.30. The SMILES string of the molecule is Cc1cc(C)c2oc(C(=O)NCC(c3cccs3)N3CCOCC3)cc(=O)c2c1. The number of nitrogens with one attached hydrogen (secondary N) is 1. The molecule has 0 radical (unpaired) electrons. The molecule has 1 saturated heterocycles. The number of nitrogens with zero attached hydrogens (tertiary/aromatic N) is 1. The smallest absolute Gasteiger partial charge is 0.287 e. The van der Waals surface area contributed by atoms with Gasteiger partial charge in [-0.05, 0) is 42.5 Å². The Balaban J connectivity index is 1.56. The maximum absolute atomic E-state index is 12.8. The Morgan fingerprint density at radius 2 is 2.03 bits per heavy atom. The van der Waals surface area contributed by atoms with Gasteiger partial charge < -0.3 is 14.5 Å². The Hall–Kier alpha value is -2.48. The number of carbonyl (C=O) groups excluding carboxylic acids is 1. The molecule has 1 atom stereocenters. The van der Waals surface area contributed by atoms with E-state index in [1.165, 1.54) is 10.9 Å². The molecule has 7 heteroatoms. The lowest BCUT2D eigenvalue weighted by Crippen LogP contribution is -2.43. The zero-order valence-corrected chi connectivity index (χ0v) is 17.4. The summed E-state index contributed by atoms with van der Waals surface area (Å²) in [6, 6.07) is 9.19. The second kappa shape index (κ2) is 8.49. The van der Waals surface area contributed by atoms with Crippen LogP contribution >= 0.6 is 11.3 Å². The molecule has 1 N–H and O–H groups in total. The van der Waals surface area contributed by atoms with E-state index in [2.05, 4.69) is 16.3 Å². The van der Waals surface area contributed by atoms with Crippen molar-refractivity contribution in [1.29, 1.82) is 0 Å². The van der Waals surface area contributed by atoms with Crippen LogP contribution in [0.1, 0.15) is 32.6 Å². The lowest BCUT2D eigenvalue weighted by Gasteiger charge is -2.34. The molecule has 3 aromatic rings. The highest BCUT2D eigenvalue weighted by Crippen LogP contribution is 2.25. The number of rotatable bonds is 5. The van der Waals surface area contributed by atoms with Gasteiger partial charge in [0.1, 0.15) is 5.58 Å². The van der Waals surface area contributed by atoms with Gasteiger partial charge in [-0.15, -0.1) is 11.3 Å². The molecule has 1 aliphatic heterocycles. The highest BCUT2D eigenvalue weighted by Gasteiger charge is 2.24. The average molecular weight is 413 g/mol. The fraction of sp³-hybridized carbons (Fsp3) is 0.364. The number of thiophene rings is 1. The molecular weight excluding hydrogens is 388 g/mol. The molecule has 4 rings (SSSR count). The lowest BCUT2D eigenvalue weighted by molar-refractivity contribution is 0.0168. The van der Waals surface area contributed by atoms with E-state index in [0.717, 1.165) is 24.2 Å². The summed E-state index contributed by atoms with van der Waals surface area (Å²) in [6.45, 7) is 7.27. The van der Waals surface area contributed by atoms with E-state index in [-0.39, 0.29) is 23.1 Å². The van der Waals surface area contributed by atoms with Gasteiger partial charge in [0.2, 0.25) is 0 Å². The van der Waals surface area contributed by atoms with Crippen molar-refractivity contribution in [3.05, 3.63) is 67.7 Å². The summed E-state index contributed by atoms with van der Waals surface area (Å²) in [5, 5.41) is 5.50. The molecule has 0 aliphatic carbocycles. The summed E-state index contributed by atoms with van der Waals surface area (Å²) in [4.78, 5) is 28.8. The van der Waals surface area contributed by atoms with Crippen LogP contribution in [0.25, 0.3) is 11.0 Å². The summed E-state index contributed by atoms with van der Waals surface area (Å²) >= 11 is 1.67. The maximum atomic E-state index is 12.8. The van der Waals surface area contributed by atoms with Crippen molar-refractivity contribution in [3.8, 4) is 0 Å². The Kier molecular flexibility index (Phi) is 5.80. The number of morpholine rings is 1. The average Bonchev–Trinajstić information content (AvgIpc) is 3.24. The predicted molar refractivity (Wildman–Crippen MR) is 114 cm³/mol. The van der Waals surface area contributed by atoms with E-state index in [1.807, 2.05) is 31.4 Å². The number of hydrogen-bond donors (Lipinski definition) is 1. The molecule has 1 amide bonds. The van der Waals surface area contributed by atoms with Crippen molar-refractivity contribution < 1.29 is 13.9 Å². The van der Waals surface area contributed by atoms with Crippen LogP contribution in [0.15, 0.2) is 44.9 Å². The van der Waals surface area contributed by atoms with E-state index < -0.39 is 0 Å². The zero-order valence-electron chi connectivity index (χ0n) is 16.6. The summed E-state index contributed by atoms with van der Waals surface area (Å²) in [7, 11) is 0. The van der Waals surface area contributed by atoms with Gasteiger partial charge in [-0.25, -0.2) is 0 Å². The van der Waals surface area contributed by atoms with Gasteiger partial charge in [0.25, 0.3) is 5.91 Å². The number of amides is 1. The summed E-state index contributed by atoms with van der Waals surface area (Å²) < 4.78 is 11.3. The standard InChI is InChI=1S/C22H24N2O4S/c1-14-10-15(2)21-16(11-14)18(25)12-19(28-21)22(26)23-13-17(20-4-3-9-29-20)24-5-7-27-8-6-24/h3-4,9-12,17H,5-8,13H2,1-2H3,(H,23,26). The van der Waals surface area contributed by atoms with Crippen LogP contribution in [0.3, 0.4) is 0 Å². The van der Waals surface area contributed by atoms with Gasteiger partial charge in [-0.3, -0.25) is 14.5 Å². The highest BCUT2D eigenvalue weighted by molar-refractivity contribution is 7.10. The molecule has 29 heavy (non-hydrogen) atoms. The quantitative estimate of drug-likeness (QED) is 0.696. The normalized spacial score (nSPS) is 16.1. The van der Waals surface area contributed by atoms with E-state index in [1.54, 1.807) is 17.4 Å². The third kappa shape index (κ3) is 4.27. The monoisotopic (exact) mass is 412 g/mol. The minimum Gasteiger partial charge on any atom is -0.450 e. The second-order valence-electron chi connectivity index (χ2n) is 7.32. The van der Waals surface area contributed by atoms with Crippen LogP contribution in [0, 0.1) is 13.8 Å². The Morgan fingerprint density at radius 1 is 1.24 bits per heavy atom. The first-order valence-electron chi connectivity index (χ1n) is 9.71. The minimum absolute atomic E-state index is 0.0429. The van der Waals surface area contributed by atoms with Crippen molar-refractivity contribution in [3.63, 3.8) is 0 Å². The largest absolute Gasteiger partial charge is 0.450 e. The van der Waals surface area contributed by atoms with Gasteiger partial charge in [-0.2, -0.15) is 0 Å². The molecule has 0 saturated carbocycles. The van der Waals surface area contributed by atoms with Crippen molar-refractivity contribution in [2.45, 2.75) is 19.9 Å². The van der Waals surface area contributed by atoms with Crippen molar-refractivity contribution in [2.75, 3.05) is 32.8 Å². The first kappa shape index (κ1) is 19.8. The predicted octanol–water partition coefficient (Wildman–Crippen LogP) is 3.27. The Labute approximate surface area is 173 Å². The zero-order chi connectivity index (χ0) is 20.4.